The average Bonchev–Trinajstić information content (AvgIpc) is 2.50. The lowest BCUT2D eigenvalue weighted by atomic mass is 9.86. The topological polar surface area (TPSA) is 18.5 Å². The van der Waals surface area contributed by atoms with Gasteiger partial charge in [0, 0.05) is 18.4 Å². The van der Waals surface area contributed by atoms with E-state index in [1.54, 1.807) is 0 Å². The molecule has 0 radical (unpaired) electrons. The summed E-state index contributed by atoms with van der Waals surface area (Å²) in [6.07, 6.45) is 4.57. The number of thioether (sulfide) groups is 1. The van der Waals surface area contributed by atoms with Crippen molar-refractivity contribution in [3.05, 3.63) is 29.3 Å². The van der Waals surface area contributed by atoms with Crippen molar-refractivity contribution < 1.29 is 9.47 Å². The maximum atomic E-state index is 6.29. The second-order valence-corrected chi connectivity index (χ2v) is 7.61. The van der Waals surface area contributed by atoms with Crippen LogP contribution in [0.2, 0.25) is 0 Å². The van der Waals surface area contributed by atoms with Crippen molar-refractivity contribution in [2.45, 2.75) is 50.2 Å². The average molecular weight is 327 g/mol. The monoisotopic (exact) mass is 326 g/mol. The van der Waals surface area contributed by atoms with E-state index in [1.807, 2.05) is 11.8 Å². The van der Waals surface area contributed by atoms with Gasteiger partial charge in [-0.25, -0.2) is 0 Å². The van der Waals surface area contributed by atoms with Gasteiger partial charge in [-0.05, 0) is 37.3 Å². The Labute approximate surface area is 136 Å². The number of hydrogen-bond acceptors (Lipinski definition) is 3. The Kier molecular flexibility index (Phi) is 5.03. The Bertz CT molecular complexity index is 480. The van der Waals surface area contributed by atoms with Crippen LogP contribution in [-0.4, -0.2) is 29.8 Å². The summed E-state index contributed by atoms with van der Waals surface area (Å²) < 4.78 is 12.4. The number of ether oxygens (including phenoxy) is 2. The molecule has 2 fully saturated rings. The molecule has 4 heteroatoms. The summed E-state index contributed by atoms with van der Waals surface area (Å²) in [5, 5.41) is 0. The van der Waals surface area contributed by atoms with E-state index in [4.69, 9.17) is 21.1 Å². The summed E-state index contributed by atoms with van der Waals surface area (Å²) in [5.74, 6) is 3.87. The molecule has 116 valence electrons. The number of alkyl halides is 1. The Morgan fingerprint density at radius 2 is 2.19 bits per heavy atom. The number of benzene rings is 1. The van der Waals surface area contributed by atoms with Crippen LogP contribution < -0.4 is 4.74 Å². The van der Waals surface area contributed by atoms with Crippen LogP contribution in [0.5, 0.6) is 5.75 Å². The maximum Gasteiger partial charge on any atom is 0.124 e. The quantitative estimate of drug-likeness (QED) is 0.759. The zero-order valence-electron chi connectivity index (χ0n) is 12.6. The summed E-state index contributed by atoms with van der Waals surface area (Å²) in [6.45, 7) is 2.90. The Morgan fingerprint density at radius 3 is 2.95 bits per heavy atom. The van der Waals surface area contributed by atoms with Crippen molar-refractivity contribution in [1.29, 1.82) is 0 Å². The van der Waals surface area contributed by atoms with Crippen molar-refractivity contribution in [1.82, 2.24) is 0 Å². The van der Waals surface area contributed by atoms with Gasteiger partial charge in [0.05, 0.1) is 18.1 Å². The Balaban J connectivity index is 1.70. The molecule has 0 aromatic heterocycles. The van der Waals surface area contributed by atoms with Gasteiger partial charge in [0.15, 0.2) is 0 Å². The predicted molar refractivity (Wildman–Crippen MR) is 89.6 cm³/mol. The second-order valence-electron chi connectivity index (χ2n) is 6.12. The molecule has 2 heterocycles. The van der Waals surface area contributed by atoms with Gasteiger partial charge < -0.3 is 9.47 Å². The van der Waals surface area contributed by atoms with Crippen LogP contribution >= 0.6 is 23.4 Å². The number of hydrogen-bond donors (Lipinski definition) is 0. The van der Waals surface area contributed by atoms with E-state index in [0.29, 0.717) is 5.88 Å². The standard InChI is InChI=1S/C17H23ClO2S/c1-13-2-3-16(14(10-13)12-18)20-15-4-7-19-17(11-15)5-8-21-9-6-17/h2-3,10,15H,4-9,11-12H2,1H3. The molecule has 0 bridgehead atoms. The highest BCUT2D eigenvalue weighted by Gasteiger charge is 2.39. The van der Waals surface area contributed by atoms with Gasteiger partial charge in [0.2, 0.25) is 0 Å². The summed E-state index contributed by atoms with van der Waals surface area (Å²) in [4.78, 5) is 0. The minimum absolute atomic E-state index is 0.0694. The van der Waals surface area contributed by atoms with E-state index in [-0.39, 0.29) is 11.7 Å². The lowest BCUT2D eigenvalue weighted by molar-refractivity contribution is -0.116. The van der Waals surface area contributed by atoms with Crippen LogP contribution in [0.25, 0.3) is 0 Å². The summed E-state index contributed by atoms with van der Waals surface area (Å²) >= 11 is 8.09. The predicted octanol–water partition coefficient (Wildman–Crippen LogP) is 4.56. The first-order chi connectivity index (χ1) is 10.2. The van der Waals surface area contributed by atoms with Gasteiger partial charge in [0.1, 0.15) is 11.9 Å². The molecule has 0 saturated carbocycles. The van der Waals surface area contributed by atoms with E-state index in [1.165, 1.54) is 17.1 Å². The van der Waals surface area contributed by atoms with Crippen LogP contribution in [0.15, 0.2) is 18.2 Å². The number of aryl methyl sites for hydroxylation is 1. The Hall–Kier alpha value is -0.380. The molecule has 1 spiro atoms. The SMILES string of the molecule is Cc1ccc(OC2CCOC3(CCSCC3)C2)c(CCl)c1. The third-order valence-electron chi connectivity index (χ3n) is 4.51. The fourth-order valence-electron chi connectivity index (χ4n) is 3.28. The molecular formula is C17H23ClO2S. The Morgan fingerprint density at radius 1 is 1.38 bits per heavy atom. The van der Waals surface area contributed by atoms with Crippen LogP contribution in [-0.2, 0) is 10.6 Å². The fraction of sp³-hybridized carbons (Fsp3) is 0.647. The molecule has 2 aliphatic rings. The molecule has 2 aliphatic heterocycles. The van der Waals surface area contributed by atoms with Crippen LogP contribution in [0.4, 0.5) is 0 Å². The molecule has 1 atom stereocenters. The summed E-state index contributed by atoms with van der Waals surface area (Å²) in [5.41, 5.74) is 2.39. The summed E-state index contributed by atoms with van der Waals surface area (Å²) in [7, 11) is 0. The number of halogens is 1. The minimum atomic E-state index is 0.0694. The molecular weight excluding hydrogens is 304 g/mol. The van der Waals surface area contributed by atoms with Crippen molar-refractivity contribution in [2.75, 3.05) is 18.1 Å². The highest BCUT2D eigenvalue weighted by Crippen LogP contribution is 2.39. The first-order valence-electron chi connectivity index (χ1n) is 7.75. The van der Waals surface area contributed by atoms with E-state index < -0.39 is 0 Å². The number of rotatable bonds is 3. The second kappa shape index (κ2) is 6.80. The molecule has 21 heavy (non-hydrogen) atoms. The highest BCUT2D eigenvalue weighted by atomic mass is 35.5. The van der Waals surface area contributed by atoms with E-state index in [0.717, 1.165) is 43.6 Å². The lowest BCUT2D eigenvalue weighted by Crippen LogP contribution is -2.46. The zero-order valence-corrected chi connectivity index (χ0v) is 14.1. The molecule has 0 N–H and O–H groups in total. The third kappa shape index (κ3) is 3.69. The smallest absolute Gasteiger partial charge is 0.124 e. The van der Waals surface area contributed by atoms with Crippen LogP contribution in [0.3, 0.4) is 0 Å². The minimum Gasteiger partial charge on any atom is -0.490 e. The van der Waals surface area contributed by atoms with Crippen molar-refractivity contribution in [3.63, 3.8) is 0 Å². The molecule has 2 nitrogen and oxygen atoms in total. The largest absolute Gasteiger partial charge is 0.490 e. The third-order valence-corrected chi connectivity index (χ3v) is 5.78. The molecule has 2 saturated heterocycles. The molecule has 3 rings (SSSR count). The lowest BCUT2D eigenvalue weighted by Gasteiger charge is -2.43. The van der Waals surface area contributed by atoms with Crippen LogP contribution in [0.1, 0.15) is 36.8 Å². The van der Waals surface area contributed by atoms with Gasteiger partial charge in [-0.15, -0.1) is 11.6 Å². The van der Waals surface area contributed by atoms with Gasteiger partial charge in [-0.1, -0.05) is 17.7 Å². The van der Waals surface area contributed by atoms with Crippen molar-refractivity contribution in [2.24, 2.45) is 0 Å². The summed E-state index contributed by atoms with van der Waals surface area (Å²) in [6, 6.07) is 6.28. The van der Waals surface area contributed by atoms with Crippen molar-refractivity contribution >= 4 is 23.4 Å². The normalized spacial score (nSPS) is 25.0. The zero-order chi connectivity index (χ0) is 14.7. The van der Waals surface area contributed by atoms with Gasteiger partial charge in [-0.2, -0.15) is 11.8 Å². The fourth-order valence-corrected chi connectivity index (χ4v) is 4.73. The van der Waals surface area contributed by atoms with E-state index in [9.17, 15) is 0 Å². The van der Waals surface area contributed by atoms with E-state index in [2.05, 4.69) is 25.1 Å². The first kappa shape index (κ1) is 15.5. The van der Waals surface area contributed by atoms with E-state index >= 15 is 0 Å². The molecule has 1 aromatic rings. The van der Waals surface area contributed by atoms with Gasteiger partial charge in [-0.3, -0.25) is 0 Å². The molecule has 0 aliphatic carbocycles. The molecule has 1 unspecified atom stereocenters. The first-order valence-corrected chi connectivity index (χ1v) is 9.44. The van der Waals surface area contributed by atoms with Gasteiger partial charge in [0.25, 0.3) is 0 Å². The highest BCUT2D eigenvalue weighted by molar-refractivity contribution is 7.99. The maximum absolute atomic E-state index is 6.29. The molecule has 0 amide bonds. The van der Waals surface area contributed by atoms with Crippen LogP contribution in [0, 0.1) is 6.92 Å². The van der Waals surface area contributed by atoms with Gasteiger partial charge >= 0.3 is 0 Å². The molecule has 1 aromatic carbocycles. The van der Waals surface area contributed by atoms with Crippen molar-refractivity contribution in [3.8, 4) is 5.75 Å².